The van der Waals surface area contributed by atoms with E-state index >= 15 is 0 Å². The van der Waals surface area contributed by atoms with Crippen LogP contribution in [0.3, 0.4) is 0 Å². The standard InChI is InChI=1S/C19H27N3O2.CH2O3/c23-19-22(14-18(24-19)15-4-2-1-3-5-15)17-8-12-21(13-9-17)16-6-10-20-11-7-16;2-1(3)4/h6-7,10-11,15,17-18H,1-5,8-9,12-14H2;(H2,2,3,4). The van der Waals surface area contributed by atoms with Gasteiger partial charge in [-0.1, -0.05) is 19.3 Å². The monoisotopic (exact) mass is 391 g/mol. The summed E-state index contributed by atoms with van der Waals surface area (Å²) in [6.45, 7) is 2.79. The fourth-order valence-corrected chi connectivity index (χ4v) is 4.54. The van der Waals surface area contributed by atoms with Crippen molar-refractivity contribution < 1.29 is 24.5 Å². The van der Waals surface area contributed by atoms with Gasteiger partial charge in [0.2, 0.25) is 0 Å². The molecule has 8 nitrogen and oxygen atoms in total. The Kier molecular flexibility index (Phi) is 6.95. The van der Waals surface area contributed by atoms with Gasteiger partial charge in [0.1, 0.15) is 6.10 Å². The number of piperidine rings is 1. The molecule has 2 saturated heterocycles. The number of carbonyl (C=O) groups is 2. The van der Waals surface area contributed by atoms with Crippen molar-refractivity contribution in [1.29, 1.82) is 0 Å². The first-order chi connectivity index (χ1) is 13.5. The molecule has 4 rings (SSSR count). The van der Waals surface area contributed by atoms with Crippen molar-refractivity contribution in [1.82, 2.24) is 9.88 Å². The molecular weight excluding hydrogens is 362 g/mol. The maximum Gasteiger partial charge on any atom is 0.503 e. The van der Waals surface area contributed by atoms with Gasteiger partial charge in [0.05, 0.1) is 6.54 Å². The van der Waals surface area contributed by atoms with E-state index in [-0.39, 0.29) is 12.2 Å². The Labute approximate surface area is 165 Å². The van der Waals surface area contributed by atoms with E-state index in [1.54, 1.807) is 0 Å². The Bertz CT molecular complexity index is 639. The van der Waals surface area contributed by atoms with Gasteiger partial charge in [-0.05, 0) is 43.7 Å². The Morgan fingerprint density at radius 1 is 1.04 bits per heavy atom. The van der Waals surface area contributed by atoms with E-state index in [0.717, 1.165) is 32.5 Å². The molecule has 0 spiro atoms. The fraction of sp³-hybridized carbons (Fsp3) is 0.650. The highest BCUT2D eigenvalue weighted by molar-refractivity contribution is 5.70. The molecule has 0 radical (unpaired) electrons. The molecule has 154 valence electrons. The molecule has 1 atom stereocenters. The van der Waals surface area contributed by atoms with Crippen LogP contribution in [0.15, 0.2) is 24.5 Å². The number of cyclic esters (lactones) is 1. The van der Waals surface area contributed by atoms with E-state index in [4.69, 9.17) is 19.7 Å². The molecule has 1 aromatic heterocycles. The largest absolute Gasteiger partial charge is 0.503 e. The molecule has 3 fully saturated rings. The molecule has 28 heavy (non-hydrogen) atoms. The molecule has 3 aliphatic rings. The third kappa shape index (κ3) is 5.27. The minimum atomic E-state index is -1.83. The maximum absolute atomic E-state index is 12.4. The van der Waals surface area contributed by atoms with Gasteiger partial charge in [0.25, 0.3) is 0 Å². The van der Waals surface area contributed by atoms with Crippen LogP contribution in [0.4, 0.5) is 15.3 Å². The van der Waals surface area contributed by atoms with Gasteiger partial charge in [0, 0.05) is 37.2 Å². The van der Waals surface area contributed by atoms with Crippen molar-refractivity contribution in [2.24, 2.45) is 5.92 Å². The van der Waals surface area contributed by atoms with Gasteiger partial charge >= 0.3 is 12.2 Å². The first-order valence-electron chi connectivity index (χ1n) is 10.1. The van der Waals surface area contributed by atoms with Crippen LogP contribution in [0.2, 0.25) is 0 Å². The second kappa shape index (κ2) is 9.61. The number of anilines is 1. The Morgan fingerprint density at radius 2 is 1.64 bits per heavy atom. The molecule has 2 aliphatic heterocycles. The molecule has 0 aromatic carbocycles. The lowest BCUT2D eigenvalue weighted by molar-refractivity contribution is 0.0870. The third-order valence-electron chi connectivity index (χ3n) is 5.97. The van der Waals surface area contributed by atoms with E-state index in [9.17, 15) is 4.79 Å². The van der Waals surface area contributed by atoms with Crippen molar-refractivity contribution in [3.05, 3.63) is 24.5 Å². The molecule has 1 aromatic rings. The summed E-state index contributed by atoms with van der Waals surface area (Å²) in [7, 11) is 0. The second-order valence-electron chi connectivity index (χ2n) is 7.68. The molecule has 1 unspecified atom stereocenters. The van der Waals surface area contributed by atoms with Crippen molar-refractivity contribution >= 4 is 17.9 Å². The highest BCUT2D eigenvalue weighted by atomic mass is 16.6. The predicted molar refractivity (Wildman–Crippen MR) is 104 cm³/mol. The molecule has 2 N–H and O–H groups in total. The smallest absolute Gasteiger partial charge is 0.450 e. The van der Waals surface area contributed by atoms with Crippen molar-refractivity contribution in [3.8, 4) is 0 Å². The summed E-state index contributed by atoms with van der Waals surface area (Å²) >= 11 is 0. The van der Waals surface area contributed by atoms with E-state index in [1.807, 2.05) is 17.3 Å². The lowest BCUT2D eigenvalue weighted by atomic mass is 9.85. The van der Waals surface area contributed by atoms with Crippen LogP contribution in [0.5, 0.6) is 0 Å². The van der Waals surface area contributed by atoms with Crippen LogP contribution in [0.25, 0.3) is 0 Å². The number of ether oxygens (including phenoxy) is 1. The Hall–Kier alpha value is -2.51. The average Bonchev–Trinajstić information content (AvgIpc) is 3.11. The molecule has 1 saturated carbocycles. The van der Waals surface area contributed by atoms with Crippen LogP contribution in [0.1, 0.15) is 44.9 Å². The number of hydrogen-bond donors (Lipinski definition) is 2. The predicted octanol–water partition coefficient (Wildman–Crippen LogP) is 3.67. The molecule has 8 heteroatoms. The number of aromatic nitrogens is 1. The number of nitrogens with zero attached hydrogens (tertiary/aromatic N) is 3. The van der Waals surface area contributed by atoms with E-state index in [0.29, 0.717) is 12.0 Å². The van der Waals surface area contributed by atoms with Crippen molar-refractivity contribution in [2.75, 3.05) is 24.5 Å². The van der Waals surface area contributed by atoms with Gasteiger partial charge in [-0.15, -0.1) is 0 Å². The molecule has 1 amide bonds. The van der Waals surface area contributed by atoms with Crippen molar-refractivity contribution in [3.63, 3.8) is 0 Å². The lowest BCUT2D eigenvalue weighted by Crippen LogP contribution is -2.45. The molecule has 1 aliphatic carbocycles. The summed E-state index contributed by atoms with van der Waals surface area (Å²) in [6.07, 6.45) is 10.3. The first kappa shape index (κ1) is 20.2. The van der Waals surface area contributed by atoms with E-state index in [1.165, 1.54) is 37.8 Å². The number of carboxylic acid groups (broad SMARTS) is 2. The minimum Gasteiger partial charge on any atom is -0.450 e. The number of pyridine rings is 1. The van der Waals surface area contributed by atoms with Crippen LogP contribution < -0.4 is 4.90 Å². The van der Waals surface area contributed by atoms with Crippen molar-refractivity contribution in [2.45, 2.75) is 57.1 Å². The zero-order chi connectivity index (χ0) is 19.9. The van der Waals surface area contributed by atoms with Gasteiger partial charge in [-0.3, -0.25) is 4.98 Å². The summed E-state index contributed by atoms with van der Waals surface area (Å²) in [5, 5.41) is 13.9. The summed E-state index contributed by atoms with van der Waals surface area (Å²) < 4.78 is 5.74. The van der Waals surface area contributed by atoms with Crippen LogP contribution in [0, 0.1) is 5.92 Å². The zero-order valence-electron chi connectivity index (χ0n) is 16.1. The highest BCUT2D eigenvalue weighted by Gasteiger charge is 2.40. The SMILES string of the molecule is O=C(O)O.O=C1OC(C2CCCCC2)CN1C1CCN(c2ccncc2)CC1. The summed E-state index contributed by atoms with van der Waals surface area (Å²) in [6, 6.07) is 4.46. The summed E-state index contributed by atoms with van der Waals surface area (Å²) in [4.78, 5) is 29.4. The van der Waals surface area contributed by atoms with Gasteiger partial charge < -0.3 is 24.7 Å². The molecular formula is C20H29N3O5. The third-order valence-corrected chi connectivity index (χ3v) is 5.97. The Morgan fingerprint density at radius 3 is 2.25 bits per heavy atom. The number of hydrogen-bond acceptors (Lipinski definition) is 5. The zero-order valence-corrected chi connectivity index (χ0v) is 16.1. The minimum absolute atomic E-state index is 0.0760. The average molecular weight is 391 g/mol. The van der Waals surface area contributed by atoms with E-state index in [2.05, 4.69) is 22.0 Å². The fourth-order valence-electron chi connectivity index (χ4n) is 4.54. The topological polar surface area (TPSA) is 103 Å². The Balaban J connectivity index is 0.000000516. The van der Waals surface area contributed by atoms with Gasteiger partial charge in [-0.2, -0.15) is 0 Å². The number of rotatable bonds is 3. The van der Waals surface area contributed by atoms with E-state index < -0.39 is 6.16 Å². The number of carbonyl (C=O) groups excluding carboxylic acids is 1. The molecule has 3 heterocycles. The second-order valence-corrected chi connectivity index (χ2v) is 7.68. The van der Waals surface area contributed by atoms with Crippen LogP contribution in [-0.4, -0.2) is 64.1 Å². The van der Waals surface area contributed by atoms with Crippen LogP contribution in [-0.2, 0) is 4.74 Å². The quantitative estimate of drug-likeness (QED) is 0.810. The van der Waals surface area contributed by atoms with Crippen LogP contribution >= 0.6 is 0 Å². The highest BCUT2D eigenvalue weighted by Crippen LogP contribution is 2.33. The van der Waals surface area contributed by atoms with Gasteiger partial charge in [-0.25, -0.2) is 9.59 Å². The normalized spacial score (nSPS) is 23.7. The van der Waals surface area contributed by atoms with Gasteiger partial charge in [0.15, 0.2) is 0 Å². The number of amides is 1. The summed E-state index contributed by atoms with van der Waals surface area (Å²) in [5.41, 5.74) is 1.23. The first-order valence-corrected chi connectivity index (χ1v) is 10.1. The summed E-state index contributed by atoms with van der Waals surface area (Å²) in [5.74, 6) is 0.588. The molecule has 0 bridgehead atoms. The lowest BCUT2D eigenvalue weighted by Gasteiger charge is -2.37. The maximum atomic E-state index is 12.4.